The molecule has 0 spiro atoms. The number of aromatic nitrogens is 3. The molecule has 0 saturated carbocycles. The largest absolute Gasteiger partial charge is 0.497 e. The van der Waals surface area contributed by atoms with Crippen LogP contribution in [0.1, 0.15) is 34.6 Å². The number of amides is 1. The van der Waals surface area contributed by atoms with Crippen LogP contribution in [0.5, 0.6) is 5.75 Å². The number of hydrogen-bond donors (Lipinski definition) is 1. The normalized spacial score (nSPS) is 12.1. The zero-order valence-electron chi connectivity index (χ0n) is 15.8. The van der Waals surface area contributed by atoms with Gasteiger partial charge < -0.3 is 14.5 Å². The summed E-state index contributed by atoms with van der Waals surface area (Å²) in [6.45, 7) is 3.81. The lowest BCUT2D eigenvalue weighted by Crippen LogP contribution is -2.26. The first-order chi connectivity index (χ1) is 13.6. The van der Waals surface area contributed by atoms with E-state index in [0.717, 1.165) is 28.0 Å². The summed E-state index contributed by atoms with van der Waals surface area (Å²) in [6, 6.07) is 13.1. The maximum atomic E-state index is 12.8. The van der Waals surface area contributed by atoms with E-state index in [2.05, 4.69) is 15.4 Å². The van der Waals surface area contributed by atoms with E-state index in [4.69, 9.17) is 9.15 Å². The monoisotopic (exact) mass is 376 g/mol. The van der Waals surface area contributed by atoms with Crippen molar-refractivity contribution in [2.24, 2.45) is 0 Å². The molecule has 0 aliphatic heterocycles. The Labute approximate surface area is 161 Å². The number of ether oxygens (including phenoxy) is 1. The van der Waals surface area contributed by atoms with Gasteiger partial charge in [-0.1, -0.05) is 12.1 Å². The van der Waals surface area contributed by atoms with Gasteiger partial charge in [-0.3, -0.25) is 4.79 Å². The molecule has 0 aliphatic rings. The van der Waals surface area contributed by atoms with Crippen LogP contribution in [-0.2, 0) is 0 Å². The number of carbonyl (C=O) groups is 1. The number of hydrogen-bond acceptors (Lipinski definition) is 5. The van der Waals surface area contributed by atoms with Crippen molar-refractivity contribution in [1.29, 1.82) is 0 Å². The van der Waals surface area contributed by atoms with Crippen LogP contribution in [0, 0.1) is 6.92 Å². The van der Waals surface area contributed by atoms with Gasteiger partial charge in [-0.05, 0) is 49.7 Å². The molecule has 7 heteroatoms. The van der Waals surface area contributed by atoms with Gasteiger partial charge in [0, 0.05) is 10.9 Å². The van der Waals surface area contributed by atoms with Gasteiger partial charge in [-0.15, -0.1) is 0 Å². The average Bonchev–Trinajstić information content (AvgIpc) is 3.36. The molecule has 0 radical (unpaired) electrons. The number of furan rings is 1. The summed E-state index contributed by atoms with van der Waals surface area (Å²) in [7, 11) is 1.61. The molecule has 0 aliphatic carbocycles. The molecule has 4 rings (SSSR count). The van der Waals surface area contributed by atoms with Crippen molar-refractivity contribution in [3.63, 3.8) is 0 Å². The molecule has 1 amide bonds. The standard InChI is InChI=1S/C21H20N4O3/c1-13-18-10-17(27-3)8-9-19(18)28-20(13)21(26)24-14(2)15-4-6-16(7-5-15)25-12-22-11-23-25/h4-12,14H,1-3H3,(H,24,26). The van der Waals surface area contributed by atoms with Gasteiger partial charge in [-0.2, -0.15) is 5.10 Å². The van der Waals surface area contributed by atoms with Crippen LogP contribution >= 0.6 is 0 Å². The lowest BCUT2D eigenvalue weighted by atomic mass is 10.1. The number of rotatable bonds is 5. The highest BCUT2D eigenvalue weighted by Crippen LogP contribution is 2.29. The topological polar surface area (TPSA) is 82.2 Å². The summed E-state index contributed by atoms with van der Waals surface area (Å²) in [6.07, 6.45) is 3.13. The second-order valence-corrected chi connectivity index (χ2v) is 6.55. The first kappa shape index (κ1) is 17.8. The molecule has 0 fully saturated rings. The summed E-state index contributed by atoms with van der Waals surface area (Å²) in [5, 5.41) is 7.97. The summed E-state index contributed by atoms with van der Waals surface area (Å²) in [5.74, 6) is 0.791. The fourth-order valence-corrected chi connectivity index (χ4v) is 3.15. The summed E-state index contributed by atoms with van der Waals surface area (Å²) < 4.78 is 12.7. The van der Waals surface area contributed by atoms with E-state index < -0.39 is 0 Å². The highest BCUT2D eigenvalue weighted by molar-refractivity contribution is 5.99. The quantitative estimate of drug-likeness (QED) is 0.573. The molecule has 0 bridgehead atoms. The third kappa shape index (κ3) is 3.22. The number of nitrogens with zero attached hydrogens (tertiary/aromatic N) is 3. The molecule has 2 aromatic heterocycles. The molecule has 1 atom stereocenters. The SMILES string of the molecule is COc1ccc2oc(C(=O)NC(C)c3ccc(-n4cncn4)cc3)c(C)c2c1. The molecule has 1 unspecified atom stereocenters. The zero-order chi connectivity index (χ0) is 19.7. The van der Waals surface area contributed by atoms with E-state index in [9.17, 15) is 4.79 Å². The van der Waals surface area contributed by atoms with Gasteiger partial charge in [-0.25, -0.2) is 9.67 Å². The number of carbonyl (C=O) groups excluding carboxylic acids is 1. The third-order valence-electron chi connectivity index (χ3n) is 4.77. The van der Waals surface area contributed by atoms with Crippen LogP contribution < -0.4 is 10.1 Å². The Morgan fingerprint density at radius 1 is 1.21 bits per heavy atom. The summed E-state index contributed by atoms with van der Waals surface area (Å²) >= 11 is 0. The number of nitrogens with one attached hydrogen (secondary N) is 1. The minimum absolute atomic E-state index is 0.181. The average molecular weight is 376 g/mol. The van der Waals surface area contributed by atoms with E-state index in [0.29, 0.717) is 11.3 Å². The molecular formula is C21H20N4O3. The van der Waals surface area contributed by atoms with Gasteiger partial charge in [0.2, 0.25) is 0 Å². The number of methoxy groups -OCH3 is 1. The van der Waals surface area contributed by atoms with E-state index in [1.54, 1.807) is 18.1 Å². The van der Waals surface area contributed by atoms with Gasteiger partial charge >= 0.3 is 0 Å². The summed E-state index contributed by atoms with van der Waals surface area (Å²) in [5.41, 5.74) is 3.34. The molecule has 2 aromatic carbocycles. The fourth-order valence-electron chi connectivity index (χ4n) is 3.15. The molecule has 4 aromatic rings. The van der Waals surface area contributed by atoms with E-state index >= 15 is 0 Å². The Morgan fingerprint density at radius 3 is 2.68 bits per heavy atom. The predicted octanol–water partition coefficient (Wildman–Crippen LogP) is 3.82. The third-order valence-corrected chi connectivity index (χ3v) is 4.77. The van der Waals surface area contributed by atoms with E-state index in [-0.39, 0.29) is 11.9 Å². The minimum atomic E-state index is -0.250. The highest BCUT2D eigenvalue weighted by Gasteiger charge is 2.20. The first-order valence-corrected chi connectivity index (χ1v) is 8.90. The maximum Gasteiger partial charge on any atom is 0.287 e. The molecule has 142 valence electrons. The van der Waals surface area contributed by atoms with Crippen LogP contribution in [0.15, 0.2) is 59.5 Å². The van der Waals surface area contributed by atoms with Crippen LogP contribution in [0.25, 0.3) is 16.7 Å². The zero-order valence-corrected chi connectivity index (χ0v) is 15.8. The fraction of sp³-hybridized carbons (Fsp3) is 0.190. The van der Waals surface area contributed by atoms with Crippen molar-refractivity contribution in [2.45, 2.75) is 19.9 Å². The van der Waals surface area contributed by atoms with Gasteiger partial charge in [0.15, 0.2) is 5.76 Å². The number of fused-ring (bicyclic) bond motifs is 1. The Morgan fingerprint density at radius 2 is 2.00 bits per heavy atom. The Bertz CT molecular complexity index is 1110. The molecule has 0 saturated heterocycles. The van der Waals surface area contributed by atoms with Gasteiger partial charge in [0.25, 0.3) is 5.91 Å². The Balaban J connectivity index is 1.53. The second-order valence-electron chi connectivity index (χ2n) is 6.55. The Hall–Kier alpha value is -3.61. The van der Waals surface area contributed by atoms with Crippen molar-refractivity contribution in [3.8, 4) is 11.4 Å². The van der Waals surface area contributed by atoms with E-state index in [1.807, 2.05) is 56.3 Å². The van der Waals surface area contributed by atoms with Crippen LogP contribution in [0.2, 0.25) is 0 Å². The molecular weight excluding hydrogens is 356 g/mol. The van der Waals surface area contributed by atoms with Crippen LogP contribution in [0.4, 0.5) is 0 Å². The van der Waals surface area contributed by atoms with E-state index in [1.165, 1.54) is 6.33 Å². The number of benzene rings is 2. The molecule has 1 N–H and O–H groups in total. The van der Waals surface area contributed by atoms with Gasteiger partial charge in [0.05, 0.1) is 18.8 Å². The van der Waals surface area contributed by atoms with Crippen molar-refractivity contribution in [2.75, 3.05) is 7.11 Å². The van der Waals surface area contributed by atoms with Crippen molar-refractivity contribution >= 4 is 16.9 Å². The van der Waals surface area contributed by atoms with Crippen molar-refractivity contribution in [1.82, 2.24) is 20.1 Å². The molecule has 7 nitrogen and oxygen atoms in total. The second kappa shape index (κ2) is 7.19. The predicted molar refractivity (Wildman–Crippen MR) is 105 cm³/mol. The minimum Gasteiger partial charge on any atom is -0.497 e. The van der Waals surface area contributed by atoms with Crippen LogP contribution in [0.3, 0.4) is 0 Å². The Kier molecular flexibility index (Phi) is 4.57. The maximum absolute atomic E-state index is 12.8. The molecule has 2 heterocycles. The summed E-state index contributed by atoms with van der Waals surface area (Å²) in [4.78, 5) is 16.7. The first-order valence-electron chi connectivity index (χ1n) is 8.90. The van der Waals surface area contributed by atoms with Crippen molar-refractivity contribution < 1.29 is 13.9 Å². The van der Waals surface area contributed by atoms with Crippen LogP contribution in [-0.4, -0.2) is 27.8 Å². The highest BCUT2D eigenvalue weighted by atomic mass is 16.5. The number of aryl methyl sites for hydroxylation is 1. The lowest BCUT2D eigenvalue weighted by molar-refractivity contribution is 0.0913. The van der Waals surface area contributed by atoms with Gasteiger partial charge in [0.1, 0.15) is 24.0 Å². The lowest BCUT2D eigenvalue weighted by Gasteiger charge is -2.14. The smallest absolute Gasteiger partial charge is 0.287 e. The molecule has 28 heavy (non-hydrogen) atoms. The van der Waals surface area contributed by atoms with Crippen molar-refractivity contribution in [3.05, 3.63) is 72.0 Å².